The molecule has 3 rings (SSSR count). The number of hydrogen-bond acceptors (Lipinski definition) is 2. The number of carbonyl (C=O) groups is 1. The summed E-state index contributed by atoms with van der Waals surface area (Å²) >= 11 is 6.02. The Kier molecular flexibility index (Phi) is 2.97. The minimum Gasteiger partial charge on any atom is -0.496 e. The van der Waals surface area contributed by atoms with Gasteiger partial charge in [0.25, 0.3) is 0 Å². The van der Waals surface area contributed by atoms with Crippen LogP contribution in [0.4, 0.5) is 0 Å². The van der Waals surface area contributed by atoms with Crippen LogP contribution in [0.5, 0.6) is 5.75 Å². The second-order valence-electron chi connectivity index (χ2n) is 5.88. The first-order valence-corrected chi connectivity index (χ1v) is 6.98. The summed E-state index contributed by atoms with van der Waals surface area (Å²) in [5.41, 5.74) is 0.282. The molecule has 0 heterocycles. The lowest BCUT2D eigenvalue weighted by molar-refractivity contribution is -0.149. The van der Waals surface area contributed by atoms with Crippen molar-refractivity contribution in [3.63, 3.8) is 0 Å². The van der Waals surface area contributed by atoms with E-state index >= 15 is 0 Å². The van der Waals surface area contributed by atoms with Gasteiger partial charge in [-0.15, -0.1) is 0 Å². The molecule has 2 aliphatic carbocycles. The van der Waals surface area contributed by atoms with E-state index in [1.165, 1.54) is 6.42 Å². The average Bonchev–Trinajstić information content (AvgIpc) is 2.97. The van der Waals surface area contributed by atoms with Crippen LogP contribution in [0, 0.1) is 17.3 Å². The molecule has 0 saturated heterocycles. The molecule has 1 aromatic rings. The number of methoxy groups -OCH3 is 1. The molecule has 19 heavy (non-hydrogen) atoms. The van der Waals surface area contributed by atoms with E-state index in [1.807, 2.05) is 12.1 Å². The highest BCUT2D eigenvalue weighted by Gasteiger charge is 2.57. The van der Waals surface area contributed by atoms with Gasteiger partial charge in [-0.2, -0.15) is 0 Å². The van der Waals surface area contributed by atoms with Gasteiger partial charge in [0.15, 0.2) is 0 Å². The summed E-state index contributed by atoms with van der Waals surface area (Å²) in [7, 11) is 1.60. The van der Waals surface area contributed by atoms with Crippen molar-refractivity contribution in [1.29, 1.82) is 0 Å². The minimum absolute atomic E-state index is 0.513. The van der Waals surface area contributed by atoms with Crippen LogP contribution in [-0.4, -0.2) is 18.2 Å². The quantitative estimate of drug-likeness (QED) is 0.919. The zero-order valence-corrected chi connectivity index (χ0v) is 11.6. The third kappa shape index (κ3) is 2.20. The number of ether oxygens (including phenoxy) is 1. The summed E-state index contributed by atoms with van der Waals surface area (Å²) in [4.78, 5) is 11.7. The van der Waals surface area contributed by atoms with Crippen LogP contribution in [0.15, 0.2) is 18.2 Å². The molecule has 2 atom stereocenters. The fraction of sp³-hybridized carbons (Fsp3) is 0.533. The first-order valence-electron chi connectivity index (χ1n) is 6.60. The number of hydrogen-bond donors (Lipinski definition) is 1. The Morgan fingerprint density at radius 1 is 1.47 bits per heavy atom. The Bertz CT molecular complexity index is 516. The Balaban J connectivity index is 1.90. The lowest BCUT2D eigenvalue weighted by Gasteiger charge is -2.26. The maximum Gasteiger partial charge on any atom is 0.309 e. The molecule has 0 spiro atoms. The molecule has 1 aromatic carbocycles. The van der Waals surface area contributed by atoms with Crippen molar-refractivity contribution in [2.75, 3.05) is 7.11 Å². The predicted octanol–water partition coefficient (Wildman–Crippen LogP) is 3.39. The summed E-state index contributed by atoms with van der Waals surface area (Å²) in [5.74, 6) is 1.30. The highest BCUT2D eigenvalue weighted by molar-refractivity contribution is 6.30. The Morgan fingerprint density at radius 2 is 2.16 bits per heavy atom. The van der Waals surface area contributed by atoms with Crippen molar-refractivity contribution in [3.05, 3.63) is 28.8 Å². The normalized spacial score (nSPS) is 31.9. The van der Waals surface area contributed by atoms with Gasteiger partial charge in [-0.25, -0.2) is 0 Å². The van der Waals surface area contributed by atoms with E-state index in [-0.39, 0.29) is 0 Å². The summed E-state index contributed by atoms with van der Waals surface area (Å²) in [5, 5.41) is 10.2. The highest BCUT2D eigenvalue weighted by atomic mass is 35.5. The molecule has 0 bridgehead atoms. The van der Waals surface area contributed by atoms with Crippen molar-refractivity contribution < 1.29 is 14.6 Å². The van der Waals surface area contributed by atoms with E-state index in [4.69, 9.17) is 16.3 Å². The third-order valence-corrected chi connectivity index (χ3v) is 4.83. The fourth-order valence-corrected chi connectivity index (χ4v) is 3.74. The molecule has 2 aliphatic rings. The summed E-state index contributed by atoms with van der Waals surface area (Å²) in [6.07, 6.45) is 3.31. The number of benzene rings is 1. The first kappa shape index (κ1) is 12.8. The van der Waals surface area contributed by atoms with Crippen LogP contribution in [-0.2, 0) is 11.2 Å². The first-order chi connectivity index (χ1) is 9.04. The fourth-order valence-electron chi connectivity index (χ4n) is 3.54. The van der Waals surface area contributed by atoms with Crippen LogP contribution < -0.4 is 4.74 Å². The Labute approximate surface area is 117 Å². The predicted molar refractivity (Wildman–Crippen MR) is 72.6 cm³/mol. The molecule has 0 amide bonds. The van der Waals surface area contributed by atoms with Gasteiger partial charge in [-0.05, 0) is 61.3 Å². The number of aliphatic carboxylic acids is 1. The number of rotatable bonds is 4. The molecular weight excluding hydrogens is 264 g/mol. The van der Waals surface area contributed by atoms with Gasteiger partial charge in [0, 0.05) is 5.02 Å². The SMILES string of the molecule is COc1ccc(Cl)cc1CC1(C(=O)O)CC2CC2C1. The third-order valence-electron chi connectivity index (χ3n) is 4.60. The molecule has 4 heteroatoms. The molecule has 3 nitrogen and oxygen atoms in total. The monoisotopic (exact) mass is 280 g/mol. The van der Waals surface area contributed by atoms with Crippen LogP contribution in [0.25, 0.3) is 0 Å². The van der Waals surface area contributed by atoms with Crippen LogP contribution in [0.1, 0.15) is 24.8 Å². The minimum atomic E-state index is -0.679. The Morgan fingerprint density at radius 3 is 2.74 bits per heavy atom. The van der Waals surface area contributed by atoms with Crippen LogP contribution in [0.3, 0.4) is 0 Å². The zero-order valence-electron chi connectivity index (χ0n) is 10.9. The molecular formula is C15H17ClO3. The second kappa shape index (κ2) is 4.41. The lowest BCUT2D eigenvalue weighted by Crippen LogP contribution is -2.32. The molecule has 0 aromatic heterocycles. The molecule has 2 unspecified atom stereocenters. The summed E-state index contributed by atoms with van der Waals surface area (Å²) < 4.78 is 5.32. The van der Waals surface area contributed by atoms with Gasteiger partial charge in [-0.3, -0.25) is 4.79 Å². The molecule has 102 valence electrons. The second-order valence-corrected chi connectivity index (χ2v) is 6.32. The maximum absolute atomic E-state index is 11.7. The number of carboxylic acid groups (broad SMARTS) is 1. The van der Waals surface area contributed by atoms with Gasteiger partial charge in [-0.1, -0.05) is 11.6 Å². The van der Waals surface area contributed by atoms with E-state index < -0.39 is 11.4 Å². The van der Waals surface area contributed by atoms with Crippen LogP contribution in [0.2, 0.25) is 5.02 Å². The van der Waals surface area contributed by atoms with E-state index in [2.05, 4.69) is 0 Å². The molecule has 2 saturated carbocycles. The number of fused-ring (bicyclic) bond motifs is 1. The summed E-state index contributed by atoms with van der Waals surface area (Å²) in [6.45, 7) is 0. The van der Waals surface area contributed by atoms with Gasteiger partial charge in [0.2, 0.25) is 0 Å². The Hall–Kier alpha value is -1.22. The highest BCUT2D eigenvalue weighted by Crippen LogP contribution is 2.61. The van der Waals surface area contributed by atoms with Gasteiger partial charge in [0.05, 0.1) is 12.5 Å². The number of halogens is 1. The number of carboxylic acids is 1. The zero-order chi connectivity index (χ0) is 13.6. The van der Waals surface area contributed by atoms with Crippen molar-refractivity contribution in [1.82, 2.24) is 0 Å². The van der Waals surface area contributed by atoms with Crippen molar-refractivity contribution in [2.24, 2.45) is 17.3 Å². The molecule has 2 fully saturated rings. The standard InChI is InChI=1S/C15H17ClO3/c1-19-13-3-2-12(16)5-11(13)8-15(14(17)18)6-9-4-10(9)7-15/h2-3,5,9-10H,4,6-8H2,1H3,(H,17,18). The van der Waals surface area contributed by atoms with E-state index in [0.29, 0.717) is 23.3 Å². The molecule has 0 radical (unpaired) electrons. The van der Waals surface area contributed by atoms with E-state index in [1.54, 1.807) is 13.2 Å². The van der Waals surface area contributed by atoms with Crippen molar-refractivity contribution in [3.8, 4) is 5.75 Å². The maximum atomic E-state index is 11.7. The van der Waals surface area contributed by atoms with Crippen LogP contribution >= 0.6 is 11.6 Å². The van der Waals surface area contributed by atoms with Gasteiger partial charge in [0.1, 0.15) is 5.75 Å². The average molecular weight is 281 g/mol. The van der Waals surface area contributed by atoms with Crippen molar-refractivity contribution in [2.45, 2.75) is 25.7 Å². The lowest BCUT2D eigenvalue weighted by atomic mass is 9.77. The smallest absolute Gasteiger partial charge is 0.309 e. The molecule has 0 aliphatic heterocycles. The summed E-state index contributed by atoms with van der Waals surface area (Å²) in [6, 6.07) is 5.40. The van der Waals surface area contributed by atoms with E-state index in [9.17, 15) is 9.90 Å². The van der Waals surface area contributed by atoms with Crippen molar-refractivity contribution >= 4 is 17.6 Å². The topological polar surface area (TPSA) is 46.5 Å². The largest absolute Gasteiger partial charge is 0.496 e. The van der Waals surface area contributed by atoms with Gasteiger partial charge < -0.3 is 9.84 Å². The molecule has 1 N–H and O–H groups in total. The van der Waals surface area contributed by atoms with Gasteiger partial charge >= 0.3 is 5.97 Å². The van der Waals surface area contributed by atoms with E-state index in [0.717, 1.165) is 24.2 Å².